The molecule has 0 aliphatic carbocycles. The van der Waals surface area contributed by atoms with Gasteiger partial charge in [0.2, 0.25) is 0 Å². The van der Waals surface area contributed by atoms with Gasteiger partial charge in [0.05, 0.1) is 0 Å². The van der Waals surface area contributed by atoms with Crippen LogP contribution in [0.1, 0.15) is 0 Å². The van der Waals surface area contributed by atoms with Crippen LogP contribution in [0.2, 0.25) is 0 Å². The van der Waals surface area contributed by atoms with Crippen LogP contribution in [0.25, 0.3) is 0 Å². The second-order valence-corrected chi connectivity index (χ2v) is 2.41. The van der Waals surface area contributed by atoms with Crippen molar-refractivity contribution in [2.75, 3.05) is 41.1 Å². The minimum absolute atomic E-state index is 0.257. The van der Waals surface area contributed by atoms with Crippen LogP contribution in [0.3, 0.4) is 0 Å². The Hall–Kier alpha value is -1.24. The molecule has 7 nitrogen and oxygen atoms in total. The van der Waals surface area contributed by atoms with Gasteiger partial charge in [0.15, 0.2) is 13.3 Å². The first-order valence-corrected chi connectivity index (χ1v) is 3.84. The fraction of sp³-hybridized carbons (Fsp3) is 1.00. The highest BCUT2D eigenvalue weighted by molar-refractivity contribution is 4.36. The molecular formula is C6H15N7. The largest absolute Gasteiger partial charge is 0.289 e. The fourth-order valence-electron chi connectivity index (χ4n) is 0.425. The highest BCUT2D eigenvalue weighted by Gasteiger charge is 1.81. The SMILES string of the molecule is CN=NCN=NCN=NCN(C)C. The Balaban J connectivity index is 3.33. The lowest BCUT2D eigenvalue weighted by molar-refractivity contribution is 0.412. The van der Waals surface area contributed by atoms with Crippen LogP contribution in [0.15, 0.2) is 30.7 Å². The van der Waals surface area contributed by atoms with Gasteiger partial charge in [-0.25, -0.2) is 0 Å². The molecule has 0 bridgehead atoms. The minimum atomic E-state index is 0.257. The van der Waals surface area contributed by atoms with Crippen molar-refractivity contribution in [3.63, 3.8) is 0 Å². The van der Waals surface area contributed by atoms with Gasteiger partial charge in [0.25, 0.3) is 0 Å². The predicted octanol–water partition coefficient (Wildman–Crippen LogP) is 1.41. The maximum Gasteiger partial charge on any atom is 0.170 e. The number of nitrogens with zero attached hydrogens (tertiary/aromatic N) is 7. The zero-order chi connectivity index (χ0) is 9.94. The zero-order valence-corrected chi connectivity index (χ0v) is 8.25. The Labute approximate surface area is 77.7 Å². The maximum atomic E-state index is 3.83. The molecule has 13 heavy (non-hydrogen) atoms. The molecule has 0 rings (SSSR count). The van der Waals surface area contributed by atoms with Gasteiger partial charge in [0.1, 0.15) is 6.67 Å². The molecule has 0 radical (unpaired) electrons. The average Bonchev–Trinajstić information content (AvgIpc) is 2.09. The molecule has 0 aliphatic heterocycles. The van der Waals surface area contributed by atoms with Gasteiger partial charge >= 0.3 is 0 Å². The average molecular weight is 185 g/mol. The Morgan fingerprint density at radius 1 is 0.846 bits per heavy atom. The van der Waals surface area contributed by atoms with Crippen molar-refractivity contribution in [3.8, 4) is 0 Å². The van der Waals surface area contributed by atoms with E-state index in [1.54, 1.807) is 7.05 Å². The summed E-state index contributed by atoms with van der Waals surface area (Å²) in [5.41, 5.74) is 0. The van der Waals surface area contributed by atoms with Crippen molar-refractivity contribution in [1.82, 2.24) is 4.90 Å². The highest BCUT2D eigenvalue weighted by Crippen LogP contribution is 1.83. The molecule has 7 heteroatoms. The molecule has 0 saturated heterocycles. The monoisotopic (exact) mass is 185 g/mol. The summed E-state index contributed by atoms with van der Waals surface area (Å²) >= 11 is 0. The summed E-state index contributed by atoms with van der Waals surface area (Å²) < 4.78 is 0. The second kappa shape index (κ2) is 8.85. The van der Waals surface area contributed by atoms with Crippen molar-refractivity contribution < 1.29 is 0 Å². The van der Waals surface area contributed by atoms with Crippen LogP contribution in [-0.4, -0.2) is 46.0 Å². The smallest absolute Gasteiger partial charge is 0.170 e. The predicted molar refractivity (Wildman–Crippen MR) is 48.8 cm³/mol. The molecule has 0 unspecified atom stereocenters. The molecular weight excluding hydrogens is 170 g/mol. The summed E-state index contributed by atoms with van der Waals surface area (Å²) in [6.45, 7) is 1.09. The van der Waals surface area contributed by atoms with Crippen LogP contribution in [0.5, 0.6) is 0 Å². The Morgan fingerprint density at radius 2 is 1.38 bits per heavy atom. The molecule has 0 atom stereocenters. The molecule has 0 spiro atoms. The summed E-state index contributed by atoms with van der Waals surface area (Å²) in [6, 6.07) is 0. The third-order valence-electron chi connectivity index (χ3n) is 0.940. The zero-order valence-electron chi connectivity index (χ0n) is 8.25. The van der Waals surface area contributed by atoms with Crippen molar-refractivity contribution >= 4 is 0 Å². The lowest BCUT2D eigenvalue weighted by Crippen LogP contribution is -2.10. The maximum absolute atomic E-state index is 3.83. The second-order valence-electron chi connectivity index (χ2n) is 2.41. The quantitative estimate of drug-likeness (QED) is 0.576. The first-order chi connectivity index (χ1) is 6.27. The van der Waals surface area contributed by atoms with E-state index < -0.39 is 0 Å². The van der Waals surface area contributed by atoms with E-state index in [2.05, 4.69) is 30.7 Å². The third kappa shape index (κ3) is 10.8. The van der Waals surface area contributed by atoms with Crippen molar-refractivity contribution in [1.29, 1.82) is 0 Å². The Kier molecular flexibility index (Phi) is 8.01. The summed E-state index contributed by atoms with van der Waals surface area (Å²) in [6.07, 6.45) is 0. The molecule has 74 valence electrons. The lowest BCUT2D eigenvalue weighted by Gasteiger charge is -2.00. The van der Waals surface area contributed by atoms with Gasteiger partial charge in [-0.1, -0.05) is 0 Å². The molecule has 0 fully saturated rings. The van der Waals surface area contributed by atoms with E-state index in [-0.39, 0.29) is 13.3 Å². The van der Waals surface area contributed by atoms with Crippen LogP contribution in [-0.2, 0) is 0 Å². The van der Waals surface area contributed by atoms with Crippen LogP contribution >= 0.6 is 0 Å². The molecule has 0 heterocycles. The van der Waals surface area contributed by atoms with Crippen molar-refractivity contribution in [3.05, 3.63) is 0 Å². The topological polar surface area (TPSA) is 77.4 Å². The van der Waals surface area contributed by atoms with Crippen molar-refractivity contribution in [2.45, 2.75) is 0 Å². The highest BCUT2D eigenvalue weighted by atomic mass is 15.3. The molecule has 0 aromatic carbocycles. The van der Waals surface area contributed by atoms with Gasteiger partial charge in [-0.2, -0.15) is 30.7 Å². The van der Waals surface area contributed by atoms with Crippen molar-refractivity contribution in [2.24, 2.45) is 30.7 Å². The molecule has 0 aromatic heterocycles. The molecule has 0 N–H and O–H groups in total. The molecule has 0 aliphatic rings. The summed E-state index contributed by atoms with van der Waals surface area (Å²) in [4.78, 5) is 1.91. The molecule has 0 amide bonds. The lowest BCUT2D eigenvalue weighted by atomic mass is 10.9. The van der Waals surface area contributed by atoms with E-state index in [9.17, 15) is 0 Å². The third-order valence-corrected chi connectivity index (χ3v) is 0.940. The summed E-state index contributed by atoms with van der Waals surface area (Å²) in [5, 5.41) is 22.1. The minimum Gasteiger partial charge on any atom is -0.289 e. The standard InChI is InChI=1S/C6H15N7/c1-7-8-4-9-10-5-11-12-6-13(2)3/h4-6H2,1-3H3. The Morgan fingerprint density at radius 3 is 1.92 bits per heavy atom. The normalized spacial score (nSPS) is 12.9. The van der Waals surface area contributed by atoms with Gasteiger partial charge in [0, 0.05) is 7.05 Å². The van der Waals surface area contributed by atoms with E-state index >= 15 is 0 Å². The molecule has 0 aromatic rings. The Bertz CT molecular complexity index is 183. The summed E-state index contributed by atoms with van der Waals surface area (Å²) in [5.74, 6) is 0. The van der Waals surface area contributed by atoms with E-state index in [0.29, 0.717) is 6.67 Å². The molecule has 0 saturated carbocycles. The number of hydrogen-bond acceptors (Lipinski definition) is 7. The van der Waals surface area contributed by atoms with E-state index in [0.717, 1.165) is 0 Å². The number of hydrogen-bond donors (Lipinski definition) is 0. The first-order valence-electron chi connectivity index (χ1n) is 3.84. The van der Waals surface area contributed by atoms with E-state index in [1.165, 1.54) is 0 Å². The van der Waals surface area contributed by atoms with Crippen LogP contribution in [0, 0.1) is 0 Å². The van der Waals surface area contributed by atoms with E-state index in [1.807, 2.05) is 19.0 Å². The van der Waals surface area contributed by atoms with Crippen LogP contribution < -0.4 is 0 Å². The fourth-order valence-corrected chi connectivity index (χ4v) is 0.425. The van der Waals surface area contributed by atoms with Gasteiger partial charge in [-0.3, -0.25) is 4.90 Å². The van der Waals surface area contributed by atoms with E-state index in [4.69, 9.17) is 0 Å². The number of azo groups is 3. The first kappa shape index (κ1) is 11.8. The number of rotatable bonds is 6. The van der Waals surface area contributed by atoms with Crippen LogP contribution in [0.4, 0.5) is 0 Å². The van der Waals surface area contributed by atoms with Gasteiger partial charge in [-0.05, 0) is 14.1 Å². The summed E-state index contributed by atoms with van der Waals surface area (Å²) in [7, 11) is 5.43. The van der Waals surface area contributed by atoms with Gasteiger partial charge in [-0.15, -0.1) is 0 Å². The van der Waals surface area contributed by atoms with Gasteiger partial charge < -0.3 is 0 Å².